The highest BCUT2D eigenvalue weighted by Gasteiger charge is 2.22. The predicted octanol–water partition coefficient (Wildman–Crippen LogP) is 2.27. The van der Waals surface area contributed by atoms with Crippen LogP contribution >= 0.6 is 23.2 Å². The minimum absolute atomic E-state index is 0.0461. The second-order valence-electron chi connectivity index (χ2n) is 4.36. The summed E-state index contributed by atoms with van der Waals surface area (Å²) in [5.41, 5.74) is 0.545. The van der Waals surface area contributed by atoms with Gasteiger partial charge in [0, 0.05) is 31.7 Å². The van der Waals surface area contributed by atoms with Crippen molar-refractivity contribution in [2.45, 2.75) is 0 Å². The molecule has 0 atom stereocenters. The van der Waals surface area contributed by atoms with E-state index in [9.17, 15) is 4.79 Å². The molecule has 0 aromatic heterocycles. The van der Waals surface area contributed by atoms with Crippen molar-refractivity contribution in [3.05, 3.63) is 33.8 Å². The summed E-state index contributed by atoms with van der Waals surface area (Å²) in [6, 6.07) is 7.02. The highest BCUT2D eigenvalue weighted by molar-refractivity contribution is 6.42. The van der Waals surface area contributed by atoms with E-state index in [1.165, 1.54) is 0 Å². The molecule has 0 spiro atoms. The summed E-state index contributed by atoms with van der Waals surface area (Å²) >= 11 is 11.7. The van der Waals surface area contributed by atoms with Gasteiger partial charge in [-0.25, -0.2) is 0 Å². The Bertz CT molecular complexity index is 519. The third-order valence-electron chi connectivity index (χ3n) is 3.12. The quantitative estimate of drug-likeness (QED) is 0.787. The van der Waals surface area contributed by atoms with Gasteiger partial charge in [0.1, 0.15) is 0 Å². The number of amides is 1. The molecule has 1 aromatic rings. The van der Waals surface area contributed by atoms with Crippen LogP contribution in [0.1, 0.15) is 10.4 Å². The summed E-state index contributed by atoms with van der Waals surface area (Å²) in [5.74, 6) is -0.0461. The number of carbonyl (C=O) groups is 1. The van der Waals surface area contributed by atoms with Crippen LogP contribution in [0.2, 0.25) is 10.0 Å². The van der Waals surface area contributed by atoms with Crippen LogP contribution in [-0.4, -0.2) is 48.4 Å². The molecule has 0 radical (unpaired) electrons. The molecule has 1 aliphatic heterocycles. The maximum absolute atomic E-state index is 12.3. The van der Waals surface area contributed by atoms with Crippen molar-refractivity contribution in [2.75, 3.05) is 32.7 Å². The highest BCUT2D eigenvalue weighted by atomic mass is 35.5. The van der Waals surface area contributed by atoms with Gasteiger partial charge in [0.2, 0.25) is 0 Å². The topological polar surface area (TPSA) is 47.3 Å². The van der Waals surface area contributed by atoms with Crippen LogP contribution in [0.5, 0.6) is 0 Å². The fourth-order valence-corrected chi connectivity index (χ4v) is 2.32. The summed E-state index contributed by atoms with van der Waals surface area (Å²) in [6.07, 6.45) is 0. The molecule has 0 unspecified atom stereocenters. The number of benzene rings is 1. The molecule has 0 N–H and O–H groups in total. The predicted molar refractivity (Wildman–Crippen MR) is 74.4 cm³/mol. The van der Waals surface area contributed by atoms with Crippen LogP contribution in [0.4, 0.5) is 0 Å². The maximum atomic E-state index is 12.3. The zero-order valence-electron chi connectivity index (χ0n) is 10.3. The number of nitrogens with zero attached hydrogens (tertiary/aromatic N) is 3. The van der Waals surface area contributed by atoms with Crippen molar-refractivity contribution >= 4 is 29.1 Å². The second kappa shape index (κ2) is 6.25. The van der Waals surface area contributed by atoms with E-state index >= 15 is 0 Å². The fraction of sp³-hybridized carbons (Fsp3) is 0.385. The SMILES string of the molecule is N#CCN1CCN(C(=O)c2ccc(Cl)c(Cl)c2)CC1. The molecule has 1 heterocycles. The third-order valence-corrected chi connectivity index (χ3v) is 3.86. The number of rotatable bonds is 2. The Hall–Kier alpha value is -1.28. The Morgan fingerprint density at radius 2 is 1.89 bits per heavy atom. The van der Waals surface area contributed by atoms with E-state index in [-0.39, 0.29) is 5.91 Å². The molecule has 1 aliphatic rings. The van der Waals surface area contributed by atoms with Crippen molar-refractivity contribution in [3.63, 3.8) is 0 Å². The summed E-state index contributed by atoms with van der Waals surface area (Å²) in [4.78, 5) is 16.1. The first kappa shape index (κ1) is 14.1. The molecule has 100 valence electrons. The minimum Gasteiger partial charge on any atom is -0.336 e. The smallest absolute Gasteiger partial charge is 0.253 e. The van der Waals surface area contributed by atoms with E-state index in [0.717, 1.165) is 13.1 Å². The number of hydrogen-bond donors (Lipinski definition) is 0. The molecule has 0 bridgehead atoms. The van der Waals surface area contributed by atoms with Crippen LogP contribution in [0.25, 0.3) is 0 Å². The summed E-state index contributed by atoms with van der Waals surface area (Å²) in [6.45, 7) is 3.11. The van der Waals surface area contributed by atoms with Gasteiger partial charge in [-0.1, -0.05) is 23.2 Å². The Morgan fingerprint density at radius 1 is 1.21 bits per heavy atom. The van der Waals surface area contributed by atoms with E-state index in [1.54, 1.807) is 23.1 Å². The van der Waals surface area contributed by atoms with Gasteiger partial charge in [-0.15, -0.1) is 0 Å². The van der Waals surface area contributed by atoms with Gasteiger partial charge < -0.3 is 4.90 Å². The first-order valence-corrected chi connectivity index (χ1v) is 6.71. The van der Waals surface area contributed by atoms with Crippen molar-refractivity contribution in [1.29, 1.82) is 5.26 Å². The summed E-state index contributed by atoms with van der Waals surface area (Å²) < 4.78 is 0. The standard InChI is InChI=1S/C13H13Cl2N3O/c14-11-2-1-10(9-12(11)15)13(19)18-7-5-17(4-3-16)6-8-18/h1-2,9H,4-8H2. The number of hydrogen-bond acceptors (Lipinski definition) is 3. The molecule has 0 aliphatic carbocycles. The van der Waals surface area contributed by atoms with E-state index in [1.807, 2.05) is 4.90 Å². The molecule has 1 aromatic carbocycles. The normalized spacial score (nSPS) is 16.2. The van der Waals surface area contributed by atoms with Gasteiger partial charge in [0.05, 0.1) is 22.7 Å². The lowest BCUT2D eigenvalue weighted by molar-refractivity contribution is 0.0652. The van der Waals surface area contributed by atoms with Gasteiger partial charge >= 0.3 is 0 Å². The lowest BCUT2D eigenvalue weighted by Gasteiger charge is -2.33. The Balaban J connectivity index is 2.01. The summed E-state index contributed by atoms with van der Waals surface area (Å²) in [7, 11) is 0. The Labute approximate surface area is 122 Å². The van der Waals surface area contributed by atoms with Gasteiger partial charge in [-0.2, -0.15) is 5.26 Å². The van der Waals surface area contributed by atoms with Crippen molar-refractivity contribution in [2.24, 2.45) is 0 Å². The average Bonchev–Trinajstić information content (AvgIpc) is 2.42. The van der Waals surface area contributed by atoms with Gasteiger partial charge in [0.25, 0.3) is 5.91 Å². The molecule has 4 nitrogen and oxygen atoms in total. The van der Waals surface area contributed by atoms with Crippen LogP contribution in [0, 0.1) is 11.3 Å². The van der Waals surface area contributed by atoms with Crippen LogP contribution in [0.3, 0.4) is 0 Å². The minimum atomic E-state index is -0.0461. The molecule has 19 heavy (non-hydrogen) atoms. The lowest BCUT2D eigenvalue weighted by atomic mass is 10.2. The van der Waals surface area contributed by atoms with Crippen molar-refractivity contribution < 1.29 is 4.79 Å². The molecule has 2 rings (SSSR count). The van der Waals surface area contributed by atoms with Crippen molar-refractivity contribution in [1.82, 2.24) is 9.80 Å². The number of nitriles is 1. The molecule has 1 fully saturated rings. The summed E-state index contributed by atoms with van der Waals surface area (Å²) in [5, 5.41) is 9.46. The number of halogens is 2. The van der Waals surface area contributed by atoms with Crippen LogP contribution < -0.4 is 0 Å². The second-order valence-corrected chi connectivity index (χ2v) is 5.17. The van der Waals surface area contributed by atoms with E-state index < -0.39 is 0 Å². The van der Waals surface area contributed by atoms with Gasteiger partial charge in [-0.3, -0.25) is 9.69 Å². The fourth-order valence-electron chi connectivity index (χ4n) is 2.02. The molecular formula is C13H13Cl2N3O. The molecule has 1 amide bonds. The van der Waals surface area contributed by atoms with Gasteiger partial charge in [0.15, 0.2) is 0 Å². The van der Waals surface area contributed by atoms with E-state index in [0.29, 0.717) is 35.2 Å². The monoisotopic (exact) mass is 297 g/mol. The highest BCUT2D eigenvalue weighted by Crippen LogP contribution is 2.23. The van der Waals surface area contributed by atoms with E-state index in [2.05, 4.69) is 6.07 Å². The zero-order valence-corrected chi connectivity index (χ0v) is 11.8. The molecule has 0 saturated carbocycles. The zero-order chi connectivity index (χ0) is 13.8. The van der Waals surface area contributed by atoms with Crippen LogP contribution in [-0.2, 0) is 0 Å². The van der Waals surface area contributed by atoms with E-state index in [4.69, 9.17) is 28.5 Å². The number of carbonyl (C=O) groups excluding carboxylic acids is 1. The van der Waals surface area contributed by atoms with Gasteiger partial charge in [-0.05, 0) is 18.2 Å². The Kier molecular flexibility index (Phi) is 4.65. The first-order valence-electron chi connectivity index (χ1n) is 5.95. The molecular weight excluding hydrogens is 285 g/mol. The number of piperazine rings is 1. The average molecular weight is 298 g/mol. The maximum Gasteiger partial charge on any atom is 0.253 e. The van der Waals surface area contributed by atoms with Crippen molar-refractivity contribution in [3.8, 4) is 6.07 Å². The lowest BCUT2D eigenvalue weighted by Crippen LogP contribution is -2.48. The first-order chi connectivity index (χ1) is 9.11. The van der Waals surface area contributed by atoms with Crippen LogP contribution in [0.15, 0.2) is 18.2 Å². The third kappa shape index (κ3) is 3.38. The largest absolute Gasteiger partial charge is 0.336 e. The molecule has 1 saturated heterocycles. The molecule has 6 heteroatoms. The Morgan fingerprint density at radius 3 is 2.47 bits per heavy atom.